The van der Waals surface area contributed by atoms with Crippen LogP contribution in [0, 0.1) is 6.90 Å². The van der Waals surface area contributed by atoms with E-state index in [4.69, 9.17) is 6.11 Å². The molecule has 4 rings (SSSR count). The lowest BCUT2D eigenvalue weighted by molar-refractivity contribution is 0.414. The average Bonchev–Trinajstić information content (AvgIpc) is 3.46. The van der Waals surface area contributed by atoms with Crippen molar-refractivity contribution in [1.29, 1.82) is 0 Å². The summed E-state index contributed by atoms with van der Waals surface area (Å²) in [5.41, 5.74) is 5.22. The molecule has 3 aromatic rings. The first kappa shape index (κ1) is 16.7. The fourth-order valence-electron chi connectivity index (χ4n) is 3.18. The second-order valence-corrected chi connectivity index (χ2v) is 6.62. The maximum Gasteiger partial charge on any atom is 0.216 e. The minimum absolute atomic E-state index is 0.337. The van der Waals surface area contributed by atoms with Crippen LogP contribution in [-0.4, -0.2) is 13.8 Å². The van der Waals surface area contributed by atoms with Crippen LogP contribution < -0.4 is 15.7 Å². The Hall–Kier alpha value is -2.74. The van der Waals surface area contributed by atoms with Gasteiger partial charge in [-0.1, -0.05) is 94.9 Å². The fraction of sp³-hybridized carbons (Fsp3) is 0.167. The highest BCUT2D eigenvalue weighted by molar-refractivity contribution is 6.87. The van der Waals surface area contributed by atoms with Crippen molar-refractivity contribution in [3.05, 3.63) is 103 Å². The highest BCUT2D eigenvalue weighted by atomic mass is 16.5. The van der Waals surface area contributed by atoms with Crippen LogP contribution in [-0.2, 0) is 0 Å². The van der Waals surface area contributed by atoms with Gasteiger partial charge in [-0.05, 0) is 31.3 Å². The summed E-state index contributed by atoms with van der Waals surface area (Å²) < 4.78 is 12.0. The van der Waals surface area contributed by atoms with Crippen molar-refractivity contribution in [3.63, 3.8) is 0 Å². The smallest absolute Gasteiger partial charge is 0.216 e. The van der Waals surface area contributed by atoms with Gasteiger partial charge in [0.2, 0.25) is 6.71 Å². The maximum atomic E-state index is 7.03. The molecule has 0 N–H and O–H groups in total. The molecule has 0 radical (unpaired) electrons. The predicted molar refractivity (Wildman–Crippen MR) is 113 cm³/mol. The molecular formula is C24H25BO. The molecule has 1 unspecified atom stereocenters. The predicted octanol–water partition coefficient (Wildman–Crippen LogP) is 4.63. The number of methoxy groups -OCH3 is 1. The van der Waals surface area contributed by atoms with Crippen LogP contribution in [0.15, 0.2) is 97.1 Å². The quantitative estimate of drug-likeness (QED) is 0.497. The van der Waals surface area contributed by atoms with Crippen molar-refractivity contribution in [2.45, 2.75) is 19.1 Å². The molecule has 0 saturated heterocycles. The Bertz CT molecular complexity index is 784. The normalized spacial score (nSPS) is 15.3. The first-order valence-corrected chi connectivity index (χ1v) is 8.92. The topological polar surface area (TPSA) is 9.23 Å². The summed E-state index contributed by atoms with van der Waals surface area (Å²) in [6.45, 7) is 4.95. The molecule has 0 aliphatic heterocycles. The van der Waals surface area contributed by atoms with E-state index >= 15 is 0 Å². The molecule has 1 aliphatic carbocycles. The van der Waals surface area contributed by atoms with Gasteiger partial charge in [0.25, 0.3) is 0 Å². The molecule has 1 saturated carbocycles. The molecule has 130 valence electrons. The molecule has 26 heavy (non-hydrogen) atoms. The van der Waals surface area contributed by atoms with Gasteiger partial charge < -0.3 is 4.74 Å². The Kier molecular flexibility index (Phi) is 5.51. The van der Waals surface area contributed by atoms with Crippen molar-refractivity contribution < 1.29 is 6.11 Å². The molecule has 0 spiro atoms. The van der Waals surface area contributed by atoms with E-state index < -0.39 is 0 Å². The number of hydrogen-bond acceptors (Lipinski definition) is 1. The minimum atomic E-state index is 0.337. The summed E-state index contributed by atoms with van der Waals surface area (Å²) in [6.07, 6.45) is 1.18. The van der Waals surface area contributed by atoms with Crippen LogP contribution in [0.3, 0.4) is 0 Å². The Morgan fingerprint density at radius 1 is 0.885 bits per heavy atom. The molecule has 0 bridgehead atoms. The number of benzene rings is 3. The second-order valence-electron chi connectivity index (χ2n) is 6.62. The number of aryl methyl sites for hydroxylation is 1. The Balaban J connectivity index is 0.000000180. The van der Waals surface area contributed by atoms with Gasteiger partial charge in [-0.15, -0.1) is 6.58 Å². The van der Waals surface area contributed by atoms with Crippen molar-refractivity contribution in [2.75, 3.05) is 7.11 Å². The van der Waals surface area contributed by atoms with E-state index in [9.17, 15) is 0 Å². The van der Waals surface area contributed by atoms with Crippen LogP contribution in [0.2, 0.25) is 5.82 Å². The van der Waals surface area contributed by atoms with Gasteiger partial charge in [0.1, 0.15) is 5.75 Å². The van der Waals surface area contributed by atoms with Crippen LogP contribution in [0.4, 0.5) is 0 Å². The van der Waals surface area contributed by atoms with E-state index in [-0.39, 0.29) is 0 Å². The van der Waals surface area contributed by atoms with Crippen LogP contribution in [0.1, 0.15) is 13.4 Å². The Morgan fingerprint density at radius 3 is 1.77 bits per heavy atom. The molecule has 0 heterocycles. The maximum absolute atomic E-state index is 7.03. The van der Waals surface area contributed by atoms with Gasteiger partial charge in [-0.25, -0.2) is 0 Å². The summed E-state index contributed by atoms with van der Waals surface area (Å²) in [6, 6.07) is 29.1. The monoisotopic (exact) mass is 341 g/mol. The number of ether oxygens (including phenoxy) is 1. The van der Waals surface area contributed by atoms with E-state index in [1.807, 2.05) is 24.3 Å². The zero-order chi connectivity index (χ0) is 19.1. The lowest BCUT2D eigenvalue weighted by Crippen LogP contribution is -2.42. The zero-order valence-corrected chi connectivity index (χ0v) is 15.3. The fourth-order valence-corrected chi connectivity index (χ4v) is 3.18. The van der Waals surface area contributed by atoms with Gasteiger partial charge in [0, 0.05) is 1.37 Å². The van der Waals surface area contributed by atoms with Gasteiger partial charge in [-0.2, -0.15) is 0 Å². The van der Waals surface area contributed by atoms with Crippen LogP contribution in [0.25, 0.3) is 0 Å². The summed E-state index contributed by atoms with van der Waals surface area (Å²) in [7, 11) is 1.63. The zero-order valence-electron chi connectivity index (χ0n) is 16.3. The van der Waals surface area contributed by atoms with Gasteiger partial charge in [-0.3, -0.25) is 0 Å². The van der Waals surface area contributed by atoms with Crippen LogP contribution in [0.5, 0.6) is 5.75 Å². The molecule has 1 nitrogen and oxygen atoms in total. The Morgan fingerprint density at radius 2 is 1.38 bits per heavy atom. The molecule has 3 aromatic carbocycles. The Labute approximate surface area is 158 Å². The molecular weight excluding hydrogens is 315 g/mol. The van der Waals surface area contributed by atoms with Gasteiger partial charge >= 0.3 is 0 Å². The summed E-state index contributed by atoms with van der Waals surface area (Å²) in [5, 5.41) is 0. The molecule has 1 aliphatic rings. The second kappa shape index (κ2) is 8.58. The van der Waals surface area contributed by atoms with Gasteiger partial charge in [0.15, 0.2) is 0 Å². The van der Waals surface area contributed by atoms with Crippen molar-refractivity contribution in [3.8, 4) is 5.75 Å². The van der Waals surface area contributed by atoms with Crippen molar-refractivity contribution >= 4 is 17.6 Å². The largest absolute Gasteiger partial charge is 0.497 e. The van der Waals surface area contributed by atoms with E-state index in [2.05, 4.69) is 67.2 Å². The highest BCUT2D eigenvalue weighted by Crippen LogP contribution is 2.44. The lowest BCUT2D eigenvalue weighted by atomic mass is 9.37. The average molecular weight is 341 g/mol. The molecule has 2 heteroatoms. The first-order chi connectivity index (χ1) is 13.2. The lowest BCUT2D eigenvalue weighted by Gasteiger charge is -2.13. The number of rotatable bonds is 4. The third-order valence-electron chi connectivity index (χ3n) is 4.73. The third-order valence-corrected chi connectivity index (χ3v) is 4.73. The van der Waals surface area contributed by atoms with Crippen molar-refractivity contribution in [1.82, 2.24) is 0 Å². The van der Waals surface area contributed by atoms with E-state index in [0.717, 1.165) is 11.3 Å². The minimum Gasteiger partial charge on any atom is -0.497 e. The molecule has 1 atom stereocenters. The highest BCUT2D eigenvalue weighted by Gasteiger charge is 2.39. The number of allylic oxidation sites excluding steroid dienone is 1. The summed E-state index contributed by atoms with van der Waals surface area (Å²) >= 11 is 0. The van der Waals surface area contributed by atoms with E-state index in [0.29, 0.717) is 19.4 Å². The van der Waals surface area contributed by atoms with Gasteiger partial charge in [0.05, 0.1) is 7.11 Å². The van der Waals surface area contributed by atoms with E-state index in [1.54, 1.807) is 7.11 Å². The third kappa shape index (κ3) is 4.67. The van der Waals surface area contributed by atoms with Crippen LogP contribution >= 0.6 is 0 Å². The molecule has 0 aromatic heterocycles. The molecule has 1 fully saturated rings. The summed E-state index contributed by atoms with van der Waals surface area (Å²) in [5.74, 6) is 1.48. The number of hydrogen-bond donors (Lipinski definition) is 0. The van der Waals surface area contributed by atoms with Crippen molar-refractivity contribution in [2.24, 2.45) is 0 Å². The summed E-state index contributed by atoms with van der Waals surface area (Å²) in [4.78, 5) is 0. The van der Waals surface area contributed by atoms with E-state index in [1.165, 1.54) is 22.9 Å². The molecule has 0 amide bonds. The SMILES string of the molecule is C=C1CC1B(c1ccccc1)c1ccccc1.[2H]Cc1ccc(OC)cc1. The first-order valence-electron chi connectivity index (χ1n) is 9.63. The standard InChI is InChI=1S/C16H15B.C8H10O/c1-13-12-16(13)17(14-8-4-2-5-9-14)15-10-6-3-7-11-15;1-7-3-5-8(9-2)6-4-7/h2-11,16H,1,12H2;3-6H,1-2H3/i;1D.